The summed E-state index contributed by atoms with van der Waals surface area (Å²) in [6, 6.07) is 9.19. The zero-order valence-electron chi connectivity index (χ0n) is 11.4. The molecule has 0 saturated heterocycles. The van der Waals surface area contributed by atoms with Crippen molar-refractivity contribution < 1.29 is 19.4 Å². The Labute approximate surface area is 118 Å². The van der Waals surface area contributed by atoms with E-state index in [4.69, 9.17) is 9.47 Å². The number of aliphatic hydroxyl groups is 1. The Hall–Kier alpha value is -1.81. The molecule has 4 heteroatoms. The van der Waals surface area contributed by atoms with Crippen molar-refractivity contribution in [2.24, 2.45) is 11.8 Å². The van der Waals surface area contributed by atoms with E-state index in [0.717, 1.165) is 0 Å². The first-order chi connectivity index (χ1) is 9.66. The maximum atomic E-state index is 12.5. The van der Waals surface area contributed by atoms with Crippen LogP contribution in [0.5, 0.6) is 5.75 Å². The Morgan fingerprint density at radius 2 is 2.00 bits per heavy atom. The van der Waals surface area contributed by atoms with Crippen LogP contribution >= 0.6 is 0 Å². The van der Waals surface area contributed by atoms with Crippen LogP contribution in [0.4, 0.5) is 0 Å². The number of ketones is 1. The highest BCUT2D eigenvalue weighted by Gasteiger charge is 2.44. The molecule has 0 radical (unpaired) electrons. The average molecular weight is 274 g/mol. The van der Waals surface area contributed by atoms with Crippen LogP contribution in [-0.2, 0) is 9.53 Å². The van der Waals surface area contributed by atoms with Gasteiger partial charge in [0.1, 0.15) is 18.1 Å². The van der Waals surface area contributed by atoms with Crippen LogP contribution in [0.1, 0.15) is 19.8 Å². The first kappa shape index (κ1) is 13.2. The van der Waals surface area contributed by atoms with E-state index in [1.165, 1.54) is 6.26 Å². The number of rotatable bonds is 2. The van der Waals surface area contributed by atoms with Gasteiger partial charge in [0.2, 0.25) is 11.5 Å². The normalized spacial score (nSPS) is 32.9. The zero-order chi connectivity index (χ0) is 14.1. The minimum absolute atomic E-state index is 0.0242. The van der Waals surface area contributed by atoms with Crippen molar-refractivity contribution in [1.82, 2.24) is 0 Å². The fraction of sp³-hybridized carbons (Fsp3) is 0.438. The third-order valence-corrected chi connectivity index (χ3v) is 4.18. The summed E-state index contributed by atoms with van der Waals surface area (Å²) >= 11 is 0. The molecule has 20 heavy (non-hydrogen) atoms. The lowest BCUT2D eigenvalue weighted by atomic mass is 9.75. The molecule has 1 N–H and O–H groups in total. The second kappa shape index (κ2) is 5.29. The van der Waals surface area contributed by atoms with Crippen molar-refractivity contribution in [1.29, 1.82) is 0 Å². The minimum atomic E-state index is -0.394. The Morgan fingerprint density at radius 3 is 2.75 bits per heavy atom. The lowest BCUT2D eigenvalue weighted by Crippen LogP contribution is -2.47. The molecule has 1 aromatic rings. The fourth-order valence-electron chi connectivity index (χ4n) is 2.93. The number of hydrogen-bond acceptors (Lipinski definition) is 4. The number of benzene rings is 1. The van der Waals surface area contributed by atoms with E-state index in [9.17, 15) is 9.90 Å². The quantitative estimate of drug-likeness (QED) is 0.899. The first-order valence-corrected chi connectivity index (χ1v) is 6.97. The molecule has 0 amide bonds. The summed E-state index contributed by atoms with van der Waals surface area (Å²) in [5, 5.41) is 9.86. The van der Waals surface area contributed by atoms with E-state index >= 15 is 0 Å². The van der Waals surface area contributed by atoms with Crippen molar-refractivity contribution in [2.45, 2.75) is 32.0 Å². The molecule has 1 fully saturated rings. The molecule has 1 saturated carbocycles. The van der Waals surface area contributed by atoms with Crippen molar-refractivity contribution in [3.63, 3.8) is 0 Å². The van der Waals surface area contributed by atoms with Gasteiger partial charge in [0.15, 0.2) is 0 Å². The maximum Gasteiger partial charge on any atom is 0.208 e. The number of hydrogen-bond donors (Lipinski definition) is 1. The molecule has 1 heterocycles. The second-order valence-electron chi connectivity index (χ2n) is 5.47. The molecule has 0 bridgehead atoms. The number of para-hydroxylation sites is 1. The van der Waals surface area contributed by atoms with Gasteiger partial charge >= 0.3 is 0 Å². The zero-order valence-corrected chi connectivity index (χ0v) is 11.4. The lowest BCUT2D eigenvalue weighted by molar-refractivity contribution is -0.137. The maximum absolute atomic E-state index is 12.5. The third-order valence-electron chi connectivity index (χ3n) is 4.18. The molecule has 4 nitrogen and oxygen atoms in total. The molecule has 1 aliphatic carbocycles. The predicted molar refractivity (Wildman–Crippen MR) is 72.9 cm³/mol. The number of allylic oxidation sites excluding steroid dienone is 1. The van der Waals surface area contributed by atoms with E-state index in [2.05, 4.69) is 0 Å². The monoisotopic (exact) mass is 274 g/mol. The third kappa shape index (κ3) is 2.31. The smallest absolute Gasteiger partial charge is 0.208 e. The van der Waals surface area contributed by atoms with Gasteiger partial charge in [-0.3, -0.25) is 4.79 Å². The number of carbonyl (C=O) groups excluding carboxylic acids is 1. The van der Waals surface area contributed by atoms with E-state index in [1.807, 2.05) is 25.1 Å². The summed E-state index contributed by atoms with van der Waals surface area (Å²) in [6.45, 7) is 1.92. The van der Waals surface area contributed by atoms with E-state index in [1.54, 1.807) is 12.1 Å². The molecular formula is C16H18O4. The predicted octanol–water partition coefficient (Wildman–Crippen LogP) is 2.28. The van der Waals surface area contributed by atoms with Crippen LogP contribution < -0.4 is 4.74 Å². The summed E-state index contributed by atoms with van der Waals surface area (Å²) in [5.41, 5.74) is 0. The summed E-state index contributed by atoms with van der Waals surface area (Å²) < 4.78 is 11.3. The van der Waals surface area contributed by atoms with Gasteiger partial charge in [-0.15, -0.1) is 0 Å². The molecule has 4 unspecified atom stereocenters. The standard InChI is InChI=1S/C16H18O4/c1-10-13(17)8-7-12-15(18)14(9-19-16(10)12)20-11-5-3-2-4-6-11/h2-6,9-10,12-13,16-17H,7-8H2,1H3. The van der Waals surface area contributed by atoms with Crippen molar-refractivity contribution in [2.75, 3.05) is 0 Å². The summed E-state index contributed by atoms with van der Waals surface area (Å²) in [7, 11) is 0. The minimum Gasteiger partial charge on any atom is -0.493 e. The Balaban J connectivity index is 1.78. The van der Waals surface area contributed by atoms with Crippen LogP contribution in [0, 0.1) is 11.8 Å². The average Bonchev–Trinajstić information content (AvgIpc) is 2.47. The molecule has 2 aliphatic rings. The van der Waals surface area contributed by atoms with Gasteiger partial charge in [-0.25, -0.2) is 0 Å². The van der Waals surface area contributed by atoms with Crippen molar-refractivity contribution >= 4 is 5.78 Å². The number of carbonyl (C=O) groups is 1. The van der Waals surface area contributed by atoms with Gasteiger partial charge in [-0.1, -0.05) is 25.1 Å². The molecule has 0 aromatic heterocycles. The second-order valence-corrected chi connectivity index (χ2v) is 5.47. The fourth-order valence-corrected chi connectivity index (χ4v) is 2.93. The van der Waals surface area contributed by atoms with E-state index in [-0.39, 0.29) is 29.5 Å². The molecule has 0 spiro atoms. The Kier molecular flexibility index (Phi) is 3.49. The largest absolute Gasteiger partial charge is 0.493 e. The van der Waals surface area contributed by atoms with Crippen LogP contribution in [0.2, 0.25) is 0 Å². The summed E-state index contributed by atoms with van der Waals surface area (Å²) in [5.74, 6) is 0.604. The highest BCUT2D eigenvalue weighted by Crippen LogP contribution is 2.37. The van der Waals surface area contributed by atoms with Gasteiger partial charge in [-0.2, -0.15) is 0 Å². The highest BCUT2D eigenvalue weighted by atomic mass is 16.5. The molecule has 106 valence electrons. The topological polar surface area (TPSA) is 55.8 Å². The SMILES string of the molecule is CC1C(O)CCC2C(=O)C(Oc3ccccc3)=COC21. The number of aliphatic hydroxyl groups excluding tert-OH is 1. The van der Waals surface area contributed by atoms with E-state index in [0.29, 0.717) is 18.6 Å². The van der Waals surface area contributed by atoms with Gasteiger partial charge in [0, 0.05) is 5.92 Å². The number of fused-ring (bicyclic) bond motifs is 1. The van der Waals surface area contributed by atoms with Crippen molar-refractivity contribution in [3.8, 4) is 5.75 Å². The van der Waals surface area contributed by atoms with E-state index < -0.39 is 6.10 Å². The molecule has 4 atom stereocenters. The molecule has 1 aliphatic heterocycles. The van der Waals surface area contributed by atoms with Crippen LogP contribution in [0.15, 0.2) is 42.4 Å². The van der Waals surface area contributed by atoms with Crippen LogP contribution in [0.25, 0.3) is 0 Å². The molecular weight excluding hydrogens is 256 g/mol. The number of Topliss-reactive ketones (excluding diaryl/α,β-unsaturated/α-hetero) is 1. The first-order valence-electron chi connectivity index (χ1n) is 6.97. The van der Waals surface area contributed by atoms with Gasteiger partial charge in [-0.05, 0) is 25.0 Å². The molecule has 3 rings (SSSR count). The van der Waals surface area contributed by atoms with Gasteiger partial charge in [0.05, 0.1) is 12.0 Å². The number of ether oxygens (including phenoxy) is 2. The molecule has 1 aromatic carbocycles. The van der Waals surface area contributed by atoms with Gasteiger partial charge in [0.25, 0.3) is 0 Å². The van der Waals surface area contributed by atoms with Crippen molar-refractivity contribution in [3.05, 3.63) is 42.4 Å². The highest BCUT2D eigenvalue weighted by molar-refractivity contribution is 5.96. The summed E-state index contributed by atoms with van der Waals surface area (Å²) in [6.07, 6.45) is 2.04. The Morgan fingerprint density at radius 1 is 1.25 bits per heavy atom. The lowest BCUT2D eigenvalue weighted by Gasteiger charge is -2.40. The van der Waals surface area contributed by atoms with Crippen LogP contribution in [0.3, 0.4) is 0 Å². The van der Waals surface area contributed by atoms with Crippen LogP contribution in [-0.4, -0.2) is 23.1 Å². The summed E-state index contributed by atoms with van der Waals surface area (Å²) in [4.78, 5) is 12.5. The van der Waals surface area contributed by atoms with Gasteiger partial charge < -0.3 is 14.6 Å². The Bertz CT molecular complexity index is 523.